The molecular weight excluding hydrogens is 224 g/mol. The third-order valence-corrected chi connectivity index (χ3v) is 2.63. The van der Waals surface area contributed by atoms with E-state index >= 15 is 0 Å². The van der Waals surface area contributed by atoms with Gasteiger partial charge in [-0.25, -0.2) is 14.8 Å². The lowest BCUT2D eigenvalue weighted by atomic mass is 10.3. The van der Waals surface area contributed by atoms with Crippen molar-refractivity contribution in [2.45, 2.75) is 0 Å². The van der Waals surface area contributed by atoms with Crippen molar-refractivity contribution in [2.24, 2.45) is 0 Å². The fourth-order valence-corrected chi connectivity index (χ4v) is 1.52. The van der Waals surface area contributed by atoms with Crippen molar-refractivity contribution in [3.8, 4) is 0 Å². The van der Waals surface area contributed by atoms with E-state index in [0.717, 1.165) is 0 Å². The Morgan fingerprint density at radius 2 is 2.00 bits per heavy atom. The van der Waals surface area contributed by atoms with Gasteiger partial charge in [0, 0.05) is 32.5 Å². The number of piperazine rings is 1. The largest absolute Gasteiger partial charge is 0.478 e. The van der Waals surface area contributed by atoms with E-state index in [-0.39, 0.29) is 18.0 Å². The average Bonchev–Trinajstić information content (AvgIpc) is 2.33. The Morgan fingerprint density at radius 1 is 1.35 bits per heavy atom. The van der Waals surface area contributed by atoms with Crippen LogP contribution in [-0.4, -0.2) is 58.5 Å². The number of aromatic nitrogens is 2. The predicted molar refractivity (Wildman–Crippen MR) is 58.8 cm³/mol. The number of likely N-dealkylation sites (N-methyl/N-ethyl adjacent to an activating group) is 1. The summed E-state index contributed by atoms with van der Waals surface area (Å²) >= 11 is 0. The van der Waals surface area contributed by atoms with Gasteiger partial charge in [-0.1, -0.05) is 0 Å². The molecule has 0 saturated carbocycles. The summed E-state index contributed by atoms with van der Waals surface area (Å²) in [5, 5.41) is 8.71. The van der Waals surface area contributed by atoms with Gasteiger partial charge in [0.2, 0.25) is 11.9 Å². The maximum atomic E-state index is 11.5. The van der Waals surface area contributed by atoms with Crippen molar-refractivity contribution in [1.29, 1.82) is 0 Å². The van der Waals surface area contributed by atoms with Gasteiger partial charge in [-0.2, -0.15) is 0 Å². The van der Waals surface area contributed by atoms with Crippen LogP contribution in [0.25, 0.3) is 0 Å². The zero-order chi connectivity index (χ0) is 12.4. The van der Waals surface area contributed by atoms with Crippen LogP contribution in [0.4, 0.5) is 5.95 Å². The molecule has 1 saturated heterocycles. The highest BCUT2D eigenvalue weighted by molar-refractivity contribution is 5.87. The van der Waals surface area contributed by atoms with Gasteiger partial charge < -0.3 is 14.9 Å². The van der Waals surface area contributed by atoms with Gasteiger partial charge >= 0.3 is 5.97 Å². The smallest absolute Gasteiger partial charge is 0.338 e. The topological polar surface area (TPSA) is 86.6 Å². The third kappa shape index (κ3) is 2.32. The molecule has 0 aromatic carbocycles. The minimum absolute atomic E-state index is 0.00200. The zero-order valence-electron chi connectivity index (χ0n) is 9.33. The molecule has 7 nitrogen and oxygen atoms in total. The molecule has 0 spiro atoms. The van der Waals surface area contributed by atoms with Gasteiger partial charge in [-0.05, 0) is 0 Å². The SMILES string of the molecule is CN1CCN(c2ncc(C(=O)O)cn2)CC1=O. The van der Waals surface area contributed by atoms with E-state index in [4.69, 9.17) is 5.11 Å². The van der Waals surface area contributed by atoms with E-state index in [2.05, 4.69) is 9.97 Å². The van der Waals surface area contributed by atoms with E-state index < -0.39 is 5.97 Å². The predicted octanol–water partition coefficient (Wildman–Crippen LogP) is -0.547. The first-order valence-corrected chi connectivity index (χ1v) is 5.12. The van der Waals surface area contributed by atoms with E-state index in [9.17, 15) is 9.59 Å². The van der Waals surface area contributed by atoms with Crippen molar-refractivity contribution >= 4 is 17.8 Å². The number of carbonyl (C=O) groups is 2. The molecule has 1 N–H and O–H groups in total. The Balaban J connectivity index is 2.13. The van der Waals surface area contributed by atoms with Crippen LogP contribution in [0.5, 0.6) is 0 Å². The summed E-state index contributed by atoms with van der Waals surface area (Å²) in [6.07, 6.45) is 2.49. The number of hydrogen-bond acceptors (Lipinski definition) is 5. The van der Waals surface area contributed by atoms with E-state index in [0.29, 0.717) is 19.0 Å². The van der Waals surface area contributed by atoms with Crippen LogP contribution >= 0.6 is 0 Å². The Kier molecular flexibility index (Phi) is 2.90. The lowest BCUT2D eigenvalue weighted by Gasteiger charge is -2.31. The summed E-state index contributed by atoms with van der Waals surface area (Å²) in [7, 11) is 1.74. The molecule has 0 bridgehead atoms. The first-order chi connectivity index (χ1) is 8.08. The summed E-state index contributed by atoms with van der Waals surface area (Å²) < 4.78 is 0. The average molecular weight is 236 g/mol. The summed E-state index contributed by atoms with van der Waals surface area (Å²) in [6, 6.07) is 0. The molecule has 0 aliphatic carbocycles. The van der Waals surface area contributed by atoms with Gasteiger partial charge in [-0.3, -0.25) is 4.79 Å². The van der Waals surface area contributed by atoms with E-state index in [1.165, 1.54) is 12.4 Å². The minimum Gasteiger partial charge on any atom is -0.478 e. The van der Waals surface area contributed by atoms with Crippen LogP contribution in [0.1, 0.15) is 10.4 Å². The molecule has 0 atom stereocenters. The number of nitrogens with zero attached hydrogens (tertiary/aromatic N) is 4. The fraction of sp³-hybridized carbons (Fsp3) is 0.400. The highest BCUT2D eigenvalue weighted by atomic mass is 16.4. The lowest BCUT2D eigenvalue weighted by molar-refractivity contribution is -0.129. The molecule has 0 radical (unpaired) electrons. The highest BCUT2D eigenvalue weighted by Gasteiger charge is 2.22. The van der Waals surface area contributed by atoms with Crippen molar-refractivity contribution in [3.63, 3.8) is 0 Å². The Morgan fingerprint density at radius 3 is 2.53 bits per heavy atom. The number of carboxylic acids is 1. The Bertz CT molecular complexity index is 445. The maximum absolute atomic E-state index is 11.5. The lowest BCUT2D eigenvalue weighted by Crippen LogP contribution is -2.49. The van der Waals surface area contributed by atoms with Crippen LogP contribution < -0.4 is 4.90 Å². The van der Waals surface area contributed by atoms with Crippen LogP contribution in [0.2, 0.25) is 0 Å². The van der Waals surface area contributed by atoms with Crippen molar-refractivity contribution in [3.05, 3.63) is 18.0 Å². The third-order valence-electron chi connectivity index (χ3n) is 2.63. The number of rotatable bonds is 2. The first-order valence-electron chi connectivity index (χ1n) is 5.12. The van der Waals surface area contributed by atoms with Crippen LogP contribution in [0, 0.1) is 0 Å². The molecule has 90 valence electrons. The molecule has 2 heterocycles. The van der Waals surface area contributed by atoms with Crippen molar-refractivity contribution in [1.82, 2.24) is 14.9 Å². The first kappa shape index (κ1) is 11.3. The molecule has 0 unspecified atom stereocenters. The van der Waals surface area contributed by atoms with Gasteiger partial charge in [-0.15, -0.1) is 0 Å². The van der Waals surface area contributed by atoms with Crippen LogP contribution in [-0.2, 0) is 4.79 Å². The fourth-order valence-electron chi connectivity index (χ4n) is 1.52. The molecule has 1 aromatic heterocycles. The van der Waals surface area contributed by atoms with Crippen molar-refractivity contribution < 1.29 is 14.7 Å². The minimum atomic E-state index is -1.06. The highest BCUT2D eigenvalue weighted by Crippen LogP contribution is 2.10. The van der Waals surface area contributed by atoms with E-state index in [1.54, 1.807) is 16.8 Å². The molecule has 1 fully saturated rings. The van der Waals surface area contributed by atoms with Gasteiger partial charge in [0.25, 0.3) is 0 Å². The standard InChI is InChI=1S/C10H12N4O3/c1-13-2-3-14(6-8(13)15)10-11-4-7(5-12-10)9(16)17/h4-5H,2-3,6H2,1H3,(H,16,17). The molecule has 7 heteroatoms. The summed E-state index contributed by atoms with van der Waals surface area (Å²) in [4.78, 5) is 33.4. The summed E-state index contributed by atoms with van der Waals surface area (Å²) in [5.41, 5.74) is 0.0363. The number of amides is 1. The second kappa shape index (κ2) is 4.36. The Hall–Kier alpha value is -2.18. The Labute approximate surface area is 97.7 Å². The number of aromatic carboxylic acids is 1. The summed E-state index contributed by atoms with van der Waals surface area (Å²) in [5.74, 6) is -0.676. The molecule has 2 rings (SSSR count). The molecule has 1 aromatic rings. The number of carboxylic acid groups (broad SMARTS) is 1. The molecule has 1 aliphatic heterocycles. The second-order valence-corrected chi connectivity index (χ2v) is 3.81. The normalized spacial score (nSPS) is 16.2. The zero-order valence-corrected chi connectivity index (χ0v) is 9.33. The second-order valence-electron chi connectivity index (χ2n) is 3.81. The number of anilines is 1. The number of hydrogen-bond donors (Lipinski definition) is 1. The quantitative estimate of drug-likeness (QED) is 0.741. The maximum Gasteiger partial charge on any atom is 0.338 e. The monoisotopic (exact) mass is 236 g/mol. The van der Waals surface area contributed by atoms with Crippen LogP contribution in [0.15, 0.2) is 12.4 Å². The molecule has 1 amide bonds. The molecular formula is C10H12N4O3. The van der Waals surface area contributed by atoms with Crippen LogP contribution in [0.3, 0.4) is 0 Å². The van der Waals surface area contributed by atoms with Gasteiger partial charge in [0.15, 0.2) is 0 Å². The van der Waals surface area contributed by atoms with Gasteiger partial charge in [0.05, 0.1) is 12.1 Å². The molecule has 1 aliphatic rings. The van der Waals surface area contributed by atoms with Crippen molar-refractivity contribution in [2.75, 3.05) is 31.6 Å². The van der Waals surface area contributed by atoms with Gasteiger partial charge in [0.1, 0.15) is 0 Å². The molecule has 17 heavy (non-hydrogen) atoms. The number of carbonyl (C=O) groups excluding carboxylic acids is 1. The van der Waals surface area contributed by atoms with E-state index in [1.807, 2.05) is 0 Å². The summed E-state index contributed by atoms with van der Waals surface area (Å²) in [6.45, 7) is 1.49.